The molecule has 0 aliphatic heterocycles. The SMILES string of the molecule is CC(C)C1CCC(C(=O)c2ccc(F)c(F)c2)CC1. The molecule has 0 unspecified atom stereocenters. The zero-order valence-electron chi connectivity index (χ0n) is 11.5. The summed E-state index contributed by atoms with van der Waals surface area (Å²) >= 11 is 0. The van der Waals surface area contributed by atoms with E-state index in [0.29, 0.717) is 17.4 Å². The Morgan fingerprint density at radius 3 is 2.26 bits per heavy atom. The van der Waals surface area contributed by atoms with Crippen molar-refractivity contribution in [1.82, 2.24) is 0 Å². The Morgan fingerprint density at radius 1 is 1.11 bits per heavy atom. The summed E-state index contributed by atoms with van der Waals surface area (Å²) in [5, 5.41) is 0. The van der Waals surface area contributed by atoms with E-state index < -0.39 is 11.6 Å². The van der Waals surface area contributed by atoms with Gasteiger partial charge < -0.3 is 0 Å². The first-order valence-corrected chi connectivity index (χ1v) is 6.98. The van der Waals surface area contributed by atoms with E-state index in [4.69, 9.17) is 0 Å². The van der Waals surface area contributed by atoms with Crippen LogP contribution in [0.15, 0.2) is 18.2 Å². The minimum Gasteiger partial charge on any atom is -0.294 e. The fraction of sp³-hybridized carbons (Fsp3) is 0.562. The van der Waals surface area contributed by atoms with E-state index in [1.54, 1.807) is 0 Å². The number of halogens is 2. The number of ketones is 1. The second kappa shape index (κ2) is 5.81. The molecule has 3 heteroatoms. The molecule has 19 heavy (non-hydrogen) atoms. The molecule has 2 rings (SSSR count). The molecule has 1 fully saturated rings. The Labute approximate surface area is 113 Å². The van der Waals surface area contributed by atoms with Gasteiger partial charge in [0.1, 0.15) is 0 Å². The third-order valence-electron chi connectivity index (χ3n) is 4.29. The van der Waals surface area contributed by atoms with Gasteiger partial charge in [0.25, 0.3) is 0 Å². The first kappa shape index (κ1) is 14.2. The molecule has 1 nitrogen and oxygen atoms in total. The average molecular weight is 266 g/mol. The Kier molecular flexibility index (Phi) is 4.33. The molecular formula is C16H20F2O. The fourth-order valence-electron chi connectivity index (χ4n) is 2.93. The van der Waals surface area contributed by atoms with Gasteiger partial charge >= 0.3 is 0 Å². The van der Waals surface area contributed by atoms with E-state index in [0.717, 1.165) is 37.8 Å². The van der Waals surface area contributed by atoms with Gasteiger partial charge in [-0.25, -0.2) is 8.78 Å². The molecule has 0 saturated heterocycles. The number of carbonyl (C=O) groups excluding carboxylic acids is 1. The van der Waals surface area contributed by atoms with Crippen LogP contribution in [-0.4, -0.2) is 5.78 Å². The van der Waals surface area contributed by atoms with Crippen LogP contribution < -0.4 is 0 Å². The van der Waals surface area contributed by atoms with Crippen molar-refractivity contribution in [1.29, 1.82) is 0 Å². The summed E-state index contributed by atoms with van der Waals surface area (Å²) < 4.78 is 26.0. The normalized spacial score (nSPS) is 23.6. The summed E-state index contributed by atoms with van der Waals surface area (Å²) in [5.74, 6) is -0.573. The number of rotatable bonds is 3. The van der Waals surface area contributed by atoms with Gasteiger partial charge in [-0.15, -0.1) is 0 Å². The quantitative estimate of drug-likeness (QED) is 0.730. The predicted octanol–water partition coefficient (Wildman–Crippen LogP) is 4.61. The van der Waals surface area contributed by atoms with E-state index in [2.05, 4.69) is 13.8 Å². The standard InChI is InChI=1S/C16H20F2O/c1-10(2)11-3-5-12(6-4-11)16(19)13-7-8-14(17)15(18)9-13/h7-12H,3-6H2,1-2H3. The van der Waals surface area contributed by atoms with Gasteiger partial charge in [0, 0.05) is 11.5 Å². The van der Waals surface area contributed by atoms with Crippen LogP contribution >= 0.6 is 0 Å². The molecule has 0 amide bonds. The van der Waals surface area contributed by atoms with Gasteiger partial charge in [-0.3, -0.25) is 4.79 Å². The molecule has 0 atom stereocenters. The van der Waals surface area contributed by atoms with Crippen molar-refractivity contribution in [2.24, 2.45) is 17.8 Å². The number of hydrogen-bond acceptors (Lipinski definition) is 1. The molecule has 1 aromatic rings. The summed E-state index contributed by atoms with van der Waals surface area (Å²) in [6, 6.07) is 3.43. The van der Waals surface area contributed by atoms with Crippen LogP contribution in [0.25, 0.3) is 0 Å². The zero-order valence-corrected chi connectivity index (χ0v) is 11.5. The Balaban J connectivity index is 2.03. The summed E-state index contributed by atoms with van der Waals surface area (Å²) in [6.45, 7) is 4.42. The highest BCUT2D eigenvalue weighted by Crippen LogP contribution is 2.34. The Morgan fingerprint density at radius 2 is 1.74 bits per heavy atom. The topological polar surface area (TPSA) is 17.1 Å². The molecule has 0 spiro atoms. The van der Waals surface area contributed by atoms with E-state index in [9.17, 15) is 13.6 Å². The van der Waals surface area contributed by atoms with Gasteiger partial charge in [-0.05, 0) is 55.7 Å². The van der Waals surface area contributed by atoms with Crippen LogP contribution in [0.3, 0.4) is 0 Å². The molecule has 0 bridgehead atoms. The summed E-state index contributed by atoms with van der Waals surface area (Å²) in [5.41, 5.74) is 0.298. The molecule has 0 N–H and O–H groups in total. The largest absolute Gasteiger partial charge is 0.294 e. The lowest BCUT2D eigenvalue weighted by Crippen LogP contribution is -2.24. The molecule has 0 aromatic heterocycles. The molecule has 1 aromatic carbocycles. The van der Waals surface area contributed by atoms with Crippen LogP contribution in [-0.2, 0) is 0 Å². The van der Waals surface area contributed by atoms with Gasteiger partial charge in [-0.1, -0.05) is 13.8 Å². The van der Waals surface area contributed by atoms with Crippen molar-refractivity contribution in [2.75, 3.05) is 0 Å². The first-order valence-electron chi connectivity index (χ1n) is 6.98. The third-order valence-corrected chi connectivity index (χ3v) is 4.29. The summed E-state index contributed by atoms with van der Waals surface area (Å²) in [4.78, 5) is 12.3. The molecule has 1 aliphatic carbocycles. The lowest BCUT2D eigenvalue weighted by atomic mass is 9.75. The first-order chi connectivity index (χ1) is 8.99. The molecule has 1 aliphatic rings. The smallest absolute Gasteiger partial charge is 0.166 e. The second-order valence-electron chi connectivity index (χ2n) is 5.85. The van der Waals surface area contributed by atoms with Crippen molar-refractivity contribution in [3.63, 3.8) is 0 Å². The summed E-state index contributed by atoms with van der Waals surface area (Å²) in [6.07, 6.45) is 3.83. The second-order valence-corrected chi connectivity index (χ2v) is 5.85. The number of carbonyl (C=O) groups is 1. The third kappa shape index (κ3) is 3.20. The van der Waals surface area contributed by atoms with Crippen LogP contribution in [0.2, 0.25) is 0 Å². The highest BCUT2D eigenvalue weighted by Gasteiger charge is 2.28. The highest BCUT2D eigenvalue weighted by molar-refractivity contribution is 5.97. The molecule has 0 heterocycles. The van der Waals surface area contributed by atoms with Gasteiger partial charge in [-0.2, -0.15) is 0 Å². The van der Waals surface area contributed by atoms with E-state index >= 15 is 0 Å². The maximum absolute atomic E-state index is 13.1. The number of Topliss-reactive ketones (excluding diaryl/α,β-unsaturated/α-hetero) is 1. The zero-order chi connectivity index (χ0) is 14.0. The van der Waals surface area contributed by atoms with E-state index in [-0.39, 0.29) is 11.7 Å². The Hall–Kier alpha value is -1.25. The van der Waals surface area contributed by atoms with Crippen molar-refractivity contribution >= 4 is 5.78 Å². The maximum atomic E-state index is 13.1. The summed E-state index contributed by atoms with van der Waals surface area (Å²) in [7, 11) is 0. The van der Waals surface area contributed by atoms with E-state index in [1.165, 1.54) is 6.07 Å². The predicted molar refractivity (Wildman–Crippen MR) is 71.0 cm³/mol. The van der Waals surface area contributed by atoms with Crippen LogP contribution in [0.1, 0.15) is 49.9 Å². The van der Waals surface area contributed by atoms with Crippen LogP contribution in [0.4, 0.5) is 8.78 Å². The van der Waals surface area contributed by atoms with Gasteiger partial charge in [0.15, 0.2) is 17.4 Å². The number of benzene rings is 1. The van der Waals surface area contributed by atoms with Crippen molar-refractivity contribution < 1.29 is 13.6 Å². The molecule has 0 radical (unpaired) electrons. The highest BCUT2D eigenvalue weighted by atomic mass is 19.2. The van der Waals surface area contributed by atoms with Crippen molar-refractivity contribution in [3.8, 4) is 0 Å². The van der Waals surface area contributed by atoms with Crippen molar-refractivity contribution in [3.05, 3.63) is 35.4 Å². The van der Waals surface area contributed by atoms with E-state index in [1.807, 2.05) is 0 Å². The number of hydrogen-bond donors (Lipinski definition) is 0. The maximum Gasteiger partial charge on any atom is 0.166 e. The fourth-order valence-corrected chi connectivity index (χ4v) is 2.93. The average Bonchev–Trinajstić information content (AvgIpc) is 2.41. The molecule has 1 saturated carbocycles. The minimum atomic E-state index is -0.943. The van der Waals surface area contributed by atoms with Crippen molar-refractivity contribution in [2.45, 2.75) is 39.5 Å². The minimum absolute atomic E-state index is 0.0279. The van der Waals surface area contributed by atoms with Gasteiger partial charge in [0.05, 0.1) is 0 Å². The monoisotopic (exact) mass is 266 g/mol. The molecule has 104 valence electrons. The molecular weight excluding hydrogens is 246 g/mol. The Bertz CT molecular complexity index is 460. The van der Waals surface area contributed by atoms with Gasteiger partial charge in [0.2, 0.25) is 0 Å². The lowest BCUT2D eigenvalue weighted by molar-refractivity contribution is 0.0858. The van der Waals surface area contributed by atoms with Crippen LogP contribution in [0.5, 0.6) is 0 Å². The lowest BCUT2D eigenvalue weighted by Gasteiger charge is -2.30. The van der Waals surface area contributed by atoms with Crippen LogP contribution in [0, 0.1) is 29.4 Å².